The number of tetrazole rings is 1. The molecule has 0 saturated heterocycles. The molecule has 0 spiro atoms. The summed E-state index contributed by atoms with van der Waals surface area (Å²) < 4.78 is 6.82. The molecule has 1 aromatic heterocycles. The molecule has 0 amide bonds. The first-order valence-electron chi connectivity index (χ1n) is 7.67. The average Bonchev–Trinajstić information content (AvgIpc) is 2.88. The first kappa shape index (κ1) is 17.6. The standard InChI is InChI=1S/C14H26N4O3/c1-3-4-5-6-7-8-9-13-15-16-17-18(13)11-12(21-2)10-14(19)20/h12H,3-11H2,1-2H3,(H,19,20). The number of hydrogen-bond acceptors (Lipinski definition) is 5. The highest BCUT2D eigenvalue weighted by Crippen LogP contribution is 2.09. The van der Waals surface area contributed by atoms with E-state index in [9.17, 15) is 4.79 Å². The van der Waals surface area contributed by atoms with Crippen LogP contribution in [0.4, 0.5) is 0 Å². The number of unbranched alkanes of at least 4 members (excludes halogenated alkanes) is 5. The summed E-state index contributed by atoms with van der Waals surface area (Å²) in [6.45, 7) is 2.58. The maximum Gasteiger partial charge on any atom is 0.306 e. The van der Waals surface area contributed by atoms with Crippen molar-refractivity contribution in [3.63, 3.8) is 0 Å². The molecule has 1 atom stereocenters. The van der Waals surface area contributed by atoms with Crippen molar-refractivity contribution in [2.45, 2.75) is 70.9 Å². The van der Waals surface area contributed by atoms with E-state index in [1.165, 1.54) is 39.2 Å². The maximum atomic E-state index is 10.7. The predicted octanol–water partition coefficient (Wildman–Crippen LogP) is 2.07. The highest BCUT2D eigenvalue weighted by Gasteiger charge is 2.16. The minimum absolute atomic E-state index is 0.0488. The molecule has 1 rings (SSSR count). The van der Waals surface area contributed by atoms with Crippen LogP contribution in [0.2, 0.25) is 0 Å². The van der Waals surface area contributed by atoms with Crippen molar-refractivity contribution >= 4 is 5.97 Å². The number of aromatic nitrogens is 4. The number of carboxylic acid groups (broad SMARTS) is 1. The number of carbonyl (C=O) groups is 1. The summed E-state index contributed by atoms with van der Waals surface area (Å²) in [7, 11) is 1.51. The summed E-state index contributed by atoms with van der Waals surface area (Å²) in [5, 5.41) is 20.4. The van der Waals surface area contributed by atoms with Gasteiger partial charge in [0, 0.05) is 13.5 Å². The number of aliphatic carboxylic acids is 1. The molecule has 0 fully saturated rings. The topological polar surface area (TPSA) is 90.1 Å². The molecule has 0 bridgehead atoms. The molecule has 1 N–H and O–H groups in total. The van der Waals surface area contributed by atoms with Crippen LogP contribution < -0.4 is 0 Å². The molecule has 0 radical (unpaired) electrons. The molecule has 21 heavy (non-hydrogen) atoms. The minimum atomic E-state index is -0.882. The van der Waals surface area contributed by atoms with Crippen molar-refractivity contribution < 1.29 is 14.6 Å². The van der Waals surface area contributed by atoms with E-state index in [1.54, 1.807) is 4.68 Å². The quantitative estimate of drug-likeness (QED) is 0.594. The first-order chi connectivity index (χ1) is 10.2. The number of rotatable bonds is 12. The Morgan fingerprint density at radius 2 is 2.00 bits per heavy atom. The number of ether oxygens (including phenoxy) is 1. The third kappa shape index (κ3) is 7.17. The molecule has 7 heteroatoms. The summed E-state index contributed by atoms with van der Waals surface area (Å²) in [4.78, 5) is 10.7. The predicted molar refractivity (Wildman–Crippen MR) is 77.9 cm³/mol. The lowest BCUT2D eigenvalue weighted by molar-refractivity contribution is -0.140. The van der Waals surface area contributed by atoms with E-state index in [-0.39, 0.29) is 6.42 Å². The molecular weight excluding hydrogens is 272 g/mol. The van der Waals surface area contributed by atoms with Gasteiger partial charge < -0.3 is 9.84 Å². The fourth-order valence-electron chi connectivity index (χ4n) is 2.22. The van der Waals surface area contributed by atoms with Crippen LogP contribution in [0.5, 0.6) is 0 Å². The van der Waals surface area contributed by atoms with Crippen LogP contribution in [0, 0.1) is 0 Å². The van der Waals surface area contributed by atoms with Gasteiger partial charge in [0.25, 0.3) is 0 Å². The van der Waals surface area contributed by atoms with Gasteiger partial charge in [0.15, 0.2) is 5.82 Å². The fourth-order valence-corrected chi connectivity index (χ4v) is 2.22. The highest BCUT2D eigenvalue weighted by molar-refractivity contribution is 5.67. The van der Waals surface area contributed by atoms with Crippen molar-refractivity contribution in [1.29, 1.82) is 0 Å². The largest absolute Gasteiger partial charge is 0.481 e. The Morgan fingerprint density at radius 3 is 2.67 bits per heavy atom. The van der Waals surface area contributed by atoms with Crippen LogP contribution >= 0.6 is 0 Å². The average molecular weight is 298 g/mol. The van der Waals surface area contributed by atoms with Crippen LogP contribution in [0.25, 0.3) is 0 Å². The van der Waals surface area contributed by atoms with Gasteiger partial charge in [-0.1, -0.05) is 39.0 Å². The molecule has 1 aromatic rings. The lowest BCUT2D eigenvalue weighted by Gasteiger charge is -2.13. The van der Waals surface area contributed by atoms with E-state index in [0.717, 1.165) is 18.7 Å². The van der Waals surface area contributed by atoms with Crippen molar-refractivity contribution in [3.05, 3.63) is 5.82 Å². The Hall–Kier alpha value is -1.50. The molecule has 0 aromatic carbocycles. The fraction of sp³-hybridized carbons (Fsp3) is 0.857. The van der Waals surface area contributed by atoms with Crippen LogP contribution in [0.1, 0.15) is 57.7 Å². The lowest BCUT2D eigenvalue weighted by atomic mass is 10.1. The molecule has 120 valence electrons. The molecule has 7 nitrogen and oxygen atoms in total. The smallest absolute Gasteiger partial charge is 0.306 e. The summed E-state index contributed by atoms with van der Waals surface area (Å²) >= 11 is 0. The lowest BCUT2D eigenvalue weighted by Crippen LogP contribution is -2.24. The normalized spacial score (nSPS) is 12.5. The minimum Gasteiger partial charge on any atom is -0.481 e. The van der Waals surface area contributed by atoms with E-state index < -0.39 is 12.1 Å². The Labute approximate surface area is 125 Å². The van der Waals surface area contributed by atoms with E-state index in [1.807, 2.05) is 0 Å². The van der Waals surface area contributed by atoms with Crippen molar-refractivity contribution in [1.82, 2.24) is 20.2 Å². The van der Waals surface area contributed by atoms with E-state index in [4.69, 9.17) is 9.84 Å². The van der Waals surface area contributed by atoms with Gasteiger partial charge in [-0.15, -0.1) is 5.10 Å². The Balaban J connectivity index is 2.36. The molecule has 0 aliphatic rings. The highest BCUT2D eigenvalue weighted by atomic mass is 16.5. The maximum absolute atomic E-state index is 10.7. The van der Waals surface area contributed by atoms with Gasteiger partial charge in [0.1, 0.15) is 0 Å². The monoisotopic (exact) mass is 298 g/mol. The second kappa shape index (κ2) is 10.3. The first-order valence-corrected chi connectivity index (χ1v) is 7.67. The van der Waals surface area contributed by atoms with Gasteiger partial charge in [0.2, 0.25) is 0 Å². The van der Waals surface area contributed by atoms with E-state index in [2.05, 4.69) is 22.4 Å². The summed E-state index contributed by atoms with van der Waals surface area (Å²) in [6.07, 6.45) is 7.67. The van der Waals surface area contributed by atoms with Crippen LogP contribution in [-0.4, -0.2) is 44.5 Å². The number of carboxylic acids is 1. The Bertz CT molecular complexity index is 409. The van der Waals surface area contributed by atoms with Crippen molar-refractivity contribution in [2.24, 2.45) is 0 Å². The van der Waals surface area contributed by atoms with Crippen LogP contribution in [0.15, 0.2) is 0 Å². The van der Waals surface area contributed by atoms with Crippen LogP contribution in [-0.2, 0) is 22.5 Å². The zero-order chi connectivity index (χ0) is 15.5. The molecule has 0 aliphatic carbocycles. The summed E-state index contributed by atoms with van der Waals surface area (Å²) in [5.74, 6) is -0.0784. The number of methoxy groups -OCH3 is 1. The summed E-state index contributed by atoms with van der Waals surface area (Å²) in [5.41, 5.74) is 0. The van der Waals surface area contributed by atoms with Gasteiger partial charge in [-0.2, -0.15) is 0 Å². The molecule has 1 unspecified atom stereocenters. The summed E-state index contributed by atoms with van der Waals surface area (Å²) in [6, 6.07) is 0. The molecule has 0 saturated carbocycles. The van der Waals surface area contributed by atoms with E-state index >= 15 is 0 Å². The Kier molecular flexibility index (Phi) is 8.57. The Morgan fingerprint density at radius 1 is 1.29 bits per heavy atom. The van der Waals surface area contributed by atoms with Crippen molar-refractivity contribution in [2.75, 3.05) is 7.11 Å². The molecule has 1 heterocycles. The third-order valence-corrected chi connectivity index (χ3v) is 3.47. The van der Waals surface area contributed by atoms with Gasteiger partial charge in [0.05, 0.1) is 19.1 Å². The molecule has 0 aliphatic heterocycles. The number of nitrogens with zero attached hydrogens (tertiary/aromatic N) is 4. The van der Waals surface area contributed by atoms with Crippen molar-refractivity contribution in [3.8, 4) is 0 Å². The van der Waals surface area contributed by atoms with E-state index in [0.29, 0.717) is 6.54 Å². The zero-order valence-electron chi connectivity index (χ0n) is 13.0. The SMILES string of the molecule is CCCCCCCCc1nnnn1CC(CC(=O)O)OC. The van der Waals surface area contributed by atoms with Gasteiger partial charge in [-0.3, -0.25) is 4.79 Å². The van der Waals surface area contributed by atoms with Gasteiger partial charge in [-0.25, -0.2) is 4.68 Å². The van der Waals surface area contributed by atoms with Gasteiger partial charge >= 0.3 is 5.97 Å². The van der Waals surface area contributed by atoms with Gasteiger partial charge in [-0.05, 0) is 16.8 Å². The second-order valence-electron chi connectivity index (χ2n) is 5.25. The van der Waals surface area contributed by atoms with Crippen LogP contribution in [0.3, 0.4) is 0 Å². The molecular formula is C14H26N4O3. The zero-order valence-corrected chi connectivity index (χ0v) is 13.0. The third-order valence-electron chi connectivity index (χ3n) is 3.47. The number of aryl methyl sites for hydroxylation is 1. The second-order valence-corrected chi connectivity index (χ2v) is 5.25. The number of hydrogen-bond donors (Lipinski definition) is 1.